The van der Waals surface area contributed by atoms with E-state index in [0.717, 1.165) is 11.2 Å². The quantitative estimate of drug-likeness (QED) is 0.694. The Morgan fingerprint density at radius 3 is 2.76 bits per heavy atom. The molecule has 21 heavy (non-hydrogen) atoms. The second kappa shape index (κ2) is 5.33. The zero-order valence-corrected chi connectivity index (χ0v) is 12.4. The first-order valence-corrected chi connectivity index (χ1v) is 6.92. The fourth-order valence-electron chi connectivity index (χ4n) is 2.25. The zero-order valence-electron chi connectivity index (χ0n) is 11.6. The largest absolute Gasteiger partial charge is 0.494 e. The Morgan fingerprint density at radius 2 is 2.05 bits per heavy atom. The molecule has 0 spiro atoms. The molecule has 0 unspecified atom stereocenters. The lowest BCUT2D eigenvalue weighted by Crippen LogP contribution is -2.02. The maximum atomic E-state index is 13.6. The molecule has 0 aliphatic heterocycles. The van der Waals surface area contributed by atoms with Crippen molar-refractivity contribution < 1.29 is 9.13 Å². The maximum Gasteiger partial charge on any atom is 0.165 e. The van der Waals surface area contributed by atoms with Crippen molar-refractivity contribution >= 4 is 22.8 Å². The van der Waals surface area contributed by atoms with Gasteiger partial charge in [0.1, 0.15) is 11.3 Å². The fourth-order valence-corrected chi connectivity index (χ4v) is 2.43. The van der Waals surface area contributed by atoms with Crippen LogP contribution in [0.25, 0.3) is 16.9 Å². The van der Waals surface area contributed by atoms with Crippen LogP contribution in [0.3, 0.4) is 0 Å². The minimum Gasteiger partial charge on any atom is -0.494 e. The topological polar surface area (TPSA) is 39.9 Å². The Labute approximate surface area is 126 Å². The lowest BCUT2D eigenvalue weighted by molar-refractivity contribution is 0.386. The number of fused-ring (bicyclic) bond motifs is 1. The van der Waals surface area contributed by atoms with E-state index in [-0.39, 0.29) is 11.6 Å². The Morgan fingerprint density at radius 1 is 1.24 bits per heavy atom. The Hall–Kier alpha value is -2.14. The lowest BCUT2D eigenvalue weighted by atomic mass is 10.2. The molecule has 6 heteroatoms. The average molecular weight is 306 g/mol. The second-order valence-corrected chi connectivity index (χ2v) is 4.88. The number of ether oxygens (including phenoxy) is 1. The number of halogens is 2. The van der Waals surface area contributed by atoms with Gasteiger partial charge in [0.05, 0.1) is 18.7 Å². The molecule has 0 atom stereocenters. The van der Waals surface area contributed by atoms with Crippen LogP contribution in [0.15, 0.2) is 30.3 Å². The number of rotatable bonds is 3. The van der Waals surface area contributed by atoms with E-state index in [1.807, 2.05) is 23.6 Å². The number of alkyl halides is 1. The second-order valence-electron chi connectivity index (χ2n) is 4.61. The number of nitrogens with zero attached hydrogens (tertiary/aromatic N) is 3. The van der Waals surface area contributed by atoms with Crippen LogP contribution >= 0.6 is 11.6 Å². The van der Waals surface area contributed by atoms with Gasteiger partial charge in [-0.05, 0) is 31.2 Å². The summed E-state index contributed by atoms with van der Waals surface area (Å²) in [4.78, 5) is 8.97. The molecule has 2 aromatic heterocycles. The van der Waals surface area contributed by atoms with Gasteiger partial charge in [0, 0.05) is 11.8 Å². The minimum absolute atomic E-state index is 0.169. The molecule has 0 saturated heterocycles. The van der Waals surface area contributed by atoms with Crippen molar-refractivity contribution in [2.24, 2.45) is 0 Å². The first-order chi connectivity index (χ1) is 10.1. The first kappa shape index (κ1) is 13.8. The molecule has 0 saturated carbocycles. The lowest BCUT2D eigenvalue weighted by Gasteiger charge is -2.09. The van der Waals surface area contributed by atoms with Crippen LogP contribution in [0.4, 0.5) is 4.39 Å². The number of imidazole rings is 1. The molecule has 0 aliphatic carbocycles. The minimum atomic E-state index is -0.415. The third kappa shape index (κ3) is 2.34. The van der Waals surface area contributed by atoms with E-state index in [2.05, 4.69) is 9.97 Å². The van der Waals surface area contributed by atoms with Gasteiger partial charge in [-0.1, -0.05) is 0 Å². The van der Waals surface area contributed by atoms with E-state index in [1.165, 1.54) is 13.2 Å². The highest BCUT2D eigenvalue weighted by atomic mass is 35.5. The van der Waals surface area contributed by atoms with E-state index >= 15 is 0 Å². The van der Waals surface area contributed by atoms with E-state index < -0.39 is 5.82 Å². The summed E-state index contributed by atoms with van der Waals surface area (Å²) in [7, 11) is 1.43. The van der Waals surface area contributed by atoms with Crippen LogP contribution in [0.1, 0.15) is 11.5 Å². The maximum absolute atomic E-state index is 13.6. The van der Waals surface area contributed by atoms with Crippen LogP contribution < -0.4 is 4.74 Å². The first-order valence-electron chi connectivity index (χ1n) is 6.39. The molecule has 0 fully saturated rings. The number of hydrogen-bond acceptors (Lipinski definition) is 3. The van der Waals surface area contributed by atoms with Crippen LogP contribution in [0.2, 0.25) is 0 Å². The third-order valence-corrected chi connectivity index (χ3v) is 3.46. The van der Waals surface area contributed by atoms with Gasteiger partial charge in [0.2, 0.25) is 0 Å². The van der Waals surface area contributed by atoms with Crippen LogP contribution in [-0.4, -0.2) is 21.6 Å². The van der Waals surface area contributed by atoms with E-state index in [0.29, 0.717) is 17.2 Å². The molecule has 0 aliphatic rings. The Bertz CT molecular complexity index is 816. The standard InChI is InChI=1S/C15H13ClFN3O/c1-9-3-6-12-15(18-9)20(14(8-16)19-12)10-4-5-11(17)13(7-10)21-2/h3-7H,8H2,1-2H3. The van der Waals surface area contributed by atoms with Gasteiger partial charge < -0.3 is 4.74 Å². The van der Waals surface area contributed by atoms with Crippen molar-refractivity contribution in [1.82, 2.24) is 14.5 Å². The molecule has 0 bridgehead atoms. The molecule has 0 radical (unpaired) electrons. The van der Waals surface area contributed by atoms with Gasteiger partial charge in [0.15, 0.2) is 17.2 Å². The highest BCUT2D eigenvalue weighted by Crippen LogP contribution is 2.26. The number of aromatic nitrogens is 3. The summed E-state index contributed by atoms with van der Waals surface area (Å²) in [6, 6.07) is 8.40. The number of methoxy groups -OCH3 is 1. The van der Waals surface area contributed by atoms with Crippen LogP contribution in [-0.2, 0) is 5.88 Å². The zero-order chi connectivity index (χ0) is 15.0. The normalized spacial score (nSPS) is 11.0. The summed E-state index contributed by atoms with van der Waals surface area (Å²) in [5.74, 6) is 0.637. The number of benzene rings is 1. The molecular weight excluding hydrogens is 293 g/mol. The van der Waals surface area contributed by atoms with Crippen molar-refractivity contribution in [2.45, 2.75) is 12.8 Å². The molecule has 0 amide bonds. The van der Waals surface area contributed by atoms with Crippen molar-refractivity contribution in [1.29, 1.82) is 0 Å². The molecule has 3 aromatic rings. The molecule has 3 rings (SSSR count). The smallest absolute Gasteiger partial charge is 0.165 e. The van der Waals surface area contributed by atoms with E-state index in [1.54, 1.807) is 12.1 Å². The molecule has 108 valence electrons. The highest BCUT2D eigenvalue weighted by Gasteiger charge is 2.15. The van der Waals surface area contributed by atoms with Gasteiger partial charge in [-0.3, -0.25) is 4.57 Å². The Balaban J connectivity index is 2.30. The SMILES string of the molecule is COc1cc(-n2c(CCl)nc3ccc(C)nc32)ccc1F. The number of pyridine rings is 1. The predicted molar refractivity (Wildman–Crippen MR) is 79.7 cm³/mol. The van der Waals surface area contributed by atoms with Crippen molar-refractivity contribution in [3.63, 3.8) is 0 Å². The summed E-state index contributed by atoms with van der Waals surface area (Å²) in [5, 5.41) is 0. The van der Waals surface area contributed by atoms with E-state index in [4.69, 9.17) is 16.3 Å². The molecule has 4 nitrogen and oxygen atoms in total. The van der Waals surface area contributed by atoms with Gasteiger partial charge in [0.25, 0.3) is 0 Å². The summed E-state index contributed by atoms with van der Waals surface area (Å²) in [6.45, 7) is 1.91. The van der Waals surface area contributed by atoms with E-state index in [9.17, 15) is 4.39 Å². The average Bonchev–Trinajstić information content (AvgIpc) is 2.85. The van der Waals surface area contributed by atoms with Gasteiger partial charge >= 0.3 is 0 Å². The molecule has 1 aromatic carbocycles. The summed E-state index contributed by atoms with van der Waals surface area (Å²) >= 11 is 5.98. The van der Waals surface area contributed by atoms with Gasteiger partial charge in [-0.2, -0.15) is 0 Å². The predicted octanol–water partition coefficient (Wildman–Crippen LogP) is 3.62. The van der Waals surface area contributed by atoms with Gasteiger partial charge in [-0.25, -0.2) is 14.4 Å². The van der Waals surface area contributed by atoms with Crippen molar-refractivity contribution in [3.05, 3.63) is 47.7 Å². The summed E-state index contributed by atoms with van der Waals surface area (Å²) < 4.78 is 20.4. The molecular formula is C15H13ClFN3O. The highest BCUT2D eigenvalue weighted by molar-refractivity contribution is 6.16. The number of aryl methyl sites for hydroxylation is 1. The fraction of sp³-hybridized carbons (Fsp3) is 0.200. The molecule has 0 N–H and O–H groups in total. The monoisotopic (exact) mass is 305 g/mol. The van der Waals surface area contributed by atoms with Crippen molar-refractivity contribution in [3.8, 4) is 11.4 Å². The van der Waals surface area contributed by atoms with Crippen LogP contribution in [0, 0.1) is 12.7 Å². The number of hydrogen-bond donors (Lipinski definition) is 0. The molecule has 2 heterocycles. The van der Waals surface area contributed by atoms with Gasteiger partial charge in [-0.15, -0.1) is 11.6 Å². The summed E-state index contributed by atoms with van der Waals surface area (Å²) in [5.41, 5.74) is 3.03. The third-order valence-electron chi connectivity index (χ3n) is 3.23. The van der Waals surface area contributed by atoms with Crippen LogP contribution in [0.5, 0.6) is 5.75 Å². The van der Waals surface area contributed by atoms with Crippen molar-refractivity contribution in [2.75, 3.05) is 7.11 Å². The Kier molecular flexibility index (Phi) is 3.51. The summed E-state index contributed by atoms with van der Waals surface area (Å²) in [6.07, 6.45) is 0.